The van der Waals surface area contributed by atoms with E-state index in [4.69, 9.17) is 5.73 Å². The van der Waals surface area contributed by atoms with E-state index in [2.05, 4.69) is 10.1 Å². The van der Waals surface area contributed by atoms with Crippen LogP contribution in [0.4, 0.5) is 14.5 Å². The van der Waals surface area contributed by atoms with Crippen molar-refractivity contribution in [3.05, 3.63) is 92.3 Å². The molecule has 0 unspecified atom stereocenters. The molecule has 1 aromatic heterocycles. The number of ether oxygens (including phenoxy) is 1. The van der Waals surface area contributed by atoms with Gasteiger partial charge in [0, 0.05) is 31.4 Å². The zero-order valence-corrected chi connectivity index (χ0v) is 17.7. The van der Waals surface area contributed by atoms with Gasteiger partial charge in [0.15, 0.2) is 0 Å². The maximum absolute atomic E-state index is 14.1. The minimum atomic E-state index is -1.27. The van der Waals surface area contributed by atoms with Gasteiger partial charge in [-0.15, -0.1) is 0 Å². The molecule has 9 nitrogen and oxygen atoms in total. The smallest absolute Gasteiger partial charge is 0.335 e. The van der Waals surface area contributed by atoms with E-state index < -0.39 is 46.4 Å². The van der Waals surface area contributed by atoms with Crippen LogP contribution in [0.3, 0.4) is 0 Å². The quantitative estimate of drug-likeness (QED) is 0.418. The lowest BCUT2D eigenvalue weighted by Crippen LogP contribution is -2.43. The molecule has 3 aromatic rings. The molecule has 0 saturated carbocycles. The Morgan fingerprint density at radius 1 is 1.09 bits per heavy atom. The number of hydrogen-bond acceptors (Lipinski definition) is 6. The first-order chi connectivity index (χ1) is 15.6. The SMILES string of the molecule is COC(=O)[C@H](Cc1ccc(-n2c(=O)ccn(C)c2=O)cc1)NC(=O)c1c(F)cc(N)cc1F. The van der Waals surface area contributed by atoms with E-state index >= 15 is 0 Å². The van der Waals surface area contributed by atoms with Gasteiger partial charge in [0.2, 0.25) is 0 Å². The van der Waals surface area contributed by atoms with E-state index in [1.165, 1.54) is 36.0 Å². The average molecular weight is 458 g/mol. The molecule has 0 radical (unpaired) electrons. The number of nitrogens with zero attached hydrogens (tertiary/aromatic N) is 2. The third-order valence-electron chi connectivity index (χ3n) is 4.87. The molecule has 172 valence electrons. The Morgan fingerprint density at radius 2 is 1.70 bits per heavy atom. The summed E-state index contributed by atoms with van der Waals surface area (Å²) in [4.78, 5) is 49.0. The Hall–Kier alpha value is -4.28. The molecular formula is C22H20F2N4O5. The molecule has 33 heavy (non-hydrogen) atoms. The maximum Gasteiger partial charge on any atom is 0.335 e. The Morgan fingerprint density at radius 3 is 2.27 bits per heavy atom. The zero-order valence-electron chi connectivity index (χ0n) is 17.7. The van der Waals surface area contributed by atoms with Gasteiger partial charge in [-0.3, -0.25) is 9.59 Å². The molecule has 1 amide bonds. The van der Waals surface area contributed by atoms with Crippen LogP contribution in [0.15, 0.2) is 58.3 Å². The molecule has 0 saturated heterocycles. The van der Waals surface area contributed by atoms with Crippen LogP contribution in [-0.2, 0) is 23.0 Å². The number of esters is 1. The number of benzene rings is 2. The van der Waals surface area contributed by atoms with Crippen molar-refractivity contribution in [1.29, 1.82) is 0 Å². The van der Waals surface area contributed by atoms with Crippen LogP contribution >= 0.6 is 0 Å². The van der Waals surface area contributed by atoms with E-state index in [0.717, 1.165) is 23.8 Å². The monoisotopic (exact) mass is 458 g/mol. The highest BCUT2D eigenvalue weighted by atomic mass is 19.1. The standard InChI is InChI=1S/C22H20F2N4O5/c1-27-8-7-18(29)28(22(27)32)14-5-3-12(4-6-14)9-17(21(31)33-2)26-20(30)19-15(23)10-13(25)11-16(19)24/h3-8,10-11,17H,9,25H2,1-2H3,(H,26,30)/t17-/m0/s1. The lowest BCUT2D eigenvalue weighted by molar-refractivity contribution is -0.142. The Labute approximate surface area is 186 Å². The highest BCUT2D eigenvalue weighted by Gasteiger charge is 2.26. The number of carbonyl (C=O) groups is 2. The largest absolute Gasteiger partial charge is 0.467 e. The molecule has 0 aliphatic carbocycles. The molecule has 3 rings (SSSR count). The highest BCUT2D eigenvalue weighted by molar-refractivity contribution is 5.97. The predicted molar refractivity (Wildman–Crippen MR) is 115 cm³/mol. The number of aromatic nitrogens is 2. The van der Waals surface area contributed by atoms with Gasteiger partial charge in [0.1, 0.15) is 23.2 Å². The molecule has 0 bridgehead atoms. The molecule has 3 N–H and O–H groups in total. The molecule has 0 fully saturated rings. The summed E-state index contributed by atoms with van der Waals surface area (Å²) in [5.41, 5.74) is 4.04. The minimum absolute atomic E-state index is 0.0847. The molecule has 11 heteroatoms. The summed E-state index contributed by atoms with van der Waals surface area (Å²) < 4.78 is 35.0. The van der Waals surface area contributed by atoms with E-state index in [0.29, 0.717) is 11.3 Å². The second-order valence-corrected chi connectivity index (χ2v) is 7.16. The van der Waals surface area contributed by atoms with Crippen LogP contribution < -0.4 is 22.3 Å². The molecule has 0 spiro atoms. The first-order valence-electron chi connectivity index (χ1n) is 9.63. The summed E-state index contributed by atoms with van der Waals surface area (Å²) in [6.07, 6.45) is 1.27. The number of amides is 1. The number of nitrogens with two attached hydrogens (primary N) is 1. The lowest BCUT2D eigenvalue weighted by atomic mass is 10.0. The van der Waals surface area contributed by atoms with Crippen LogP contribution in [0.25, 0.3) is 5.69 Å². The summed E-state index contributed by atoms with van der Waals surface area (Å²) in [7, 11) is 2.61. The molecule has 1 heterocycles. The van der Waals surface area contributed by atoms with E-state index in [1.807, 2.05) is 0 Å². The Kier molecular flexibility index (Phi) is 6.71. The van der Waals surface area contributed by atoms with Crippen LogP contribution in [0.5, 0.6) is 0 Å². The number of nitrogens with one attached hydrogen (secondary N) is 1. The summed E-state index contributed by atoms with van der Waals surface area (Å²) in [6.45, 7) is 0. The number of aryl methyl sites for hydroxylation is 1. The van der Waals surface area contributed by atoms with Gasteiger partial charge in [-0.1, -0.05) is 12.1 Å². The molecular weight excluding hydrogens is 438 g/mol. The highest BCUT2D eigenvalue weighted by Crippen LogP contribution is 2.17. The number of anilines is 1. The number of halogens is 2. The van der Waals surface area contributed by atoms with Crippen LogP contribution in [0, 0.1) is 11.6 Å². The van der Waals surface area contributed by atoms with Crippen molar-refractivity contribution in [3.8, 4) is 5.69 Å². The molecule has 2 aromatic carbocycles. The first kappa shape index (κ1) is 23.4. The average Bonchev–Trinajstić information content (AvgIpc) is 2.76. The van der Waals surface area contributed by atoms with Crippen LogP contribution in [-0.4, -0.2) is 34.2 Å². The van der Waals surface area contributed by atoms with Gasteiger partial charge < -0.3 is 20.4 Å². The van der Waals surface area contributed by atoms with Gasteiger partial charge in [0.25, 0.3) is 11.5 Å². The minimum Gasteiger partial charge on any atom is -0.467 e. The number of hydrogen-bond donors (Lipinski definition) is 2. The van der Waals surface area contributed by atoms with Crippen molar-refractivity contribution in [2.75, 3.05) is 12.8 Å². The van der Waals surface area contributed by atoms with E-state index in [-0.39, 0.29) is 12.1 Å². The normalized spacial score (nSPS) is 11.6. The number of carbonyl (C=O) groups excluding carboxylic acids is 2. The summed E-state index contributed by atoms with van der Waals surface area (Å²) >= 11 is 0. The third-order valence-corrected chi connectivity index (χ3v) is 4.87. The number of rotatable bonds is 6. The van der Waals surface area contributed by atoms with E-state index in [1.54, 1.807) is 12.1 Å². The zero-order chi connectivity index (χ0) is 24.3. The van der Waals surface area contributed by atoms with Crippen molar-refractivity contribution in [2.24, 2.45) is 7.05 Å². The lowest BCUT2D eigenvalue weighted by Gasteiger charge is -2.17. The number of nitrogen functional groups attached to an aromatic ring is 1. The van der Waals surface area contributed by atoms with Gasteiger partial charge in [-0.05, 0) is 29.8 Å². The fraction of sp³-hybridized carbons (Fsp3) is 0.182. The van der Waals surface area contributed by atoms with Crippen molar-refractivity contribution in [1.82, 2.24) is 14.5 Å². The van der Waals surface area contributed by atoms with Gasteiger partial charge in [-0.25, -0.2) is 22.9 Å². The van der Waals surface area contributed by atoms with Crippen molar-refractivity contribution < 1.29 is 23.1 Å². The van der Waals surface area contributed by atoms with E-state index in [9.17, 15) is 28.0 Å². The molecule has 0 aliphatic heterocycles. The topological polar surface area (TPSA) is 125 Å². The van der Waals surface area contributed by atoms with Crippen LogP contribution in [0.2, 0.25) is 0 Å². The molecule has 1 atom stereocenters. The second-order valence-electron chi connectivity index (χ2n) is 7.16. The third kappa shape index (κ3) is 4.97. The van der Waals surface area contributed by atoms with Crippen molar-refractivity contribution in [3.63, 3.8) is 0 Å². The Bertz CT molecular complexity index is 1310. The Balaban J connectivity index is 1.85. The van der Waals surface area contributed by atoms with Gasteiger partial charge in [0.05, 0.1) is 12.8 Å². The predicted octanol–water partition coefficient (Wildman–Crippen LogP) is 0.911. The fourth-order valence-electron chi connectivity index (χ4n) is 3.20. The molecule has 0 aliphatic rings. The fourth-order valence-corrected chi connectivity index (χ4v) is 3.20. The summed E-state index contributed by atoms with van der Waals surface area (Å²) in [6, 6.07) is 7.63. The number of methoxy groups -OCH3 is 1. The second kappa shape index (κ2) is 9.47. The van der Waals surface area contributed by atoms with Crippen LogP contribution in [0.1, 0.15) is 15.9 Å². The maximum atomic E-state index is 14.1. The van der Waals surface area contributed by atoms with Gasteiger partial charge >= 0.3 is 11.7 Å². The first-order valence-corrected chi connectivity index (χ1v) is 9.63. The van der Waals surface area contributed by atoms with Crippen molar-refractivity contribution in [2.45, 2.75) is 12.5 Å². The summed E-state index contributed by atoms with van der Waals surface area (Å²) in [5, 5.41) is 2.26. The van der Waals surface area contributed by atoms with Gasteiger partial charge in [-0.2, -0.15) is 0 Å². The van der Waals surface area contributed by atoms with Crippen molar-refractivity contribution >= 4 is 17.6 Å². The summed E-state index contributed by atoms with van der Waals surface area (Å²) in [5.74, 6) is -4.34.